The van der Waals surface area contributed by atoms with Gasteiger partial charge in [-0.15, -0.1) is 0 Å². The summed E-state index contributed by atoms with van der Waals surface area (Å²) in [4.78, 5) is 25.9. The Bertz CT molecular complexity index is 807. The molecule has 0 spiro atoms. The number of methoxy groups -OCH3 is 2. The van der Waals surface area contributed by atoms with E-state index in [2.05, 4.69) is 21.0 Å². The summed E-state index contributed by atoms with van der Waals surface area (Å²) < 4.78 is 12.4. The quantitative estimate of drug-likeness (QED) is 0.698. The van der Waals surface area contributed by atoms with E-state index in [4.69, 9.17) is 9.47 Å². The molecule has 25 heavy (non-hydrogen) atoms. The Morgan fingerprint density at radius 1 is 1.28 bits per heavy atom. The Labute approximate surface area is 154 Å². The Morgan fingerprint density at radius 2 is 2.04 bits per heavy atom. The third kappa shape index (κ3) is 4.90. The van der Waals surface area contributed by atoms with Crippen molar-refractivity contribution in [3.8, 4) is 5.75 Å². The summed E-state index contributed by atoms with van der Waals surface area (Å²) in [5, 5.41) is 4.13. The molecule has 7 nitrogen and oxygen atoms in total. The molecule has 0 aliphatic carbocycles. The van der Waals surface area contributed by atoms with Gasteiger partial charge in [-0.1, -0.05) is 15.9 Å². The average Bonchev–Trinajstić information content (AvgIpc) is 2.60. The smallest absolute Gasteiger partial charge is 0.274 e. The summed E-state index contributed by atoms with van der Waals surface area (Å²) in [6, 6.07) is 8.37. The number of halogens is 1. The van der Waals surface area contributed by atoms with Gasteiger partial charge in [0, 0.05) is 36.8 Å². The third-order valence-electron chi connectivity index (χ3n) is 3.59. The molecule has 0 saturated carbocycles. The highest BCUT2D eigenvalue weighted by atomic mass is 79.9. The normalized spacial score (nSPS) is 10.6. The van der Waals surface area contributed by atoms with Crippen molar-refractivity contribution in [2.75, 3.05) is 27.9 Å². The molecule has 0 fully saturated rings. The topological polar surface area (TPSA) is 73.7 Å². The van der Waals surface area contributed by atoms with Crippen LogP contribution in [-0.4, -0.2) is 48.5 Å². The van der Waals surface area contributed by atoms with Crippen LogP contribution in [0.1, 0.15) is 16.1 Å². The molecule has 1 aromatic carbocycles. The minimum Gasteiger partial charge on any atom is -0.496 e. The summed E-state index contributed by atoms with van der Waals surface area (Å²) in [7, 11) is 4.80. The van der Waals surface area contributed by atoms with Gasteiger partial charge < -0.3 is 14.4 Å². The van der Waals surface area contributed by atoms with E-state index < -0.39 is 0 Å². The number of aromatic nitrogens is 2. The predicted molar refractivity (Wildman–Crippen MR) is 96.9 cm³/mol. The predicted octanol–water partition coefficient (Wildman–Crippen LogP) is 1.93. The van der Waals surface area contributed by atoms with Crippen molar-refractivity contribution in [1.82, 2.24) is 14.7 Å². The highest BCUT2D eigenvalue weighted by Crippen LogP contribution is 2.24. The molecule has 0 unspecified atom stereocenters. The van der Waals surface area contributed by atoms with E-state index in [0.717, 1.165) is 10.0 Å². The van der Waals surface area contributed by atoms with Crippen molar-refractivity contribution >= 4 is 21.8 Å². The fraction of sp³-hybridized carbons (Fsp3) is 0.353. The molecule has 0 atom stereocenters. The van der Waals surface area contributed by atoms with Gasteiger partial charge in [0.25, 0.3) is 11.5 Å². The molecule has 0 aliphatic rings. The van der Waals surface area contributed by atoms with Gasteiger partial charge in [-0.3, -0.25) is 9.59 Å². The number of carbonyl (C=O) groups excluding carboxylic acids is 1. The zero-order valence-corrected chi connectivity index (χ0v) is 15.9. The largest absolute Gasteiger partial charge is 0.496 e. The minimum atomic E-state index is -0.284. The van der Waals surface area contributed by atoms with Crippen LogP contribution in [0.15, 0.2) is 39.6 Å². The van der Waals surface area contributed by atoms with E-state index in [-0.39, 0.29) is 17.2 Å². The van der Waals surface area contributed by atoms with Crippen molar-refractivity contribution in [2.24, 2.45) is 0 Å². The molecule has 0 N–H and O–H groups in total. The summed E-state index contributed by atoms with van der Waals surface area (Å²) in [6.07, 6.45) is 0. The zero-order chi connectivity index (χ0) is 18.4. The maximum absolute atomic E-state index is 12.6. The maximum atomic E-state index is 12.6. The molecular formula is C17H20BrN3O4. The van der Waals surface area contributed by atoms with Gasteiger partial charge in [0.15, 0.2) is 0 Å². The molecule has 1 aromatic heterocycles. The van der Waals surface area contributed by atoms with Gasteiger partial charge in [0.05, 0.1) is 20.3 Å². The van der Waals surface area contributed by atoms with Crippen LogP contribution in [0.3, 0.4) is 0 Å². The first-order valence-corrected chi connectivity index (χ1v) is 8.40. The molecule has 2 rings (SSSR count). The first kappa shape index (κ1) is 19.1. The number of rotatable bonds is 7. The minimum absolute atomic E-state index is 0.201. The second kappa shape index (κ2) is 8.77. The number of benzene rings is 1. The molecule has 0 saturated heterocycles. The van der Waals surface area contributed by atoms with Crippen LogP contribution < -0.4 is 10.3 Å². The van der Waals surface area contributed by atoms with Crippen LogP contribution in [-0.2, 0) is 17.8 Å². The molecule has 0 aliphatic heterocycles. The van der Waals surface area contributed by atoms with Gasteiger partial charge >= 0.3 is 0 Å². The molecular weight excluding hydrogens is 390 g/mol. The van der Waals surface area contributed by atoms with Gasteiger partial charge in [0.1, 0.15) is 11.4 Å². The first-order chi connectivity index (χ1) is 12.0. The van der Waals surface area contributed by atoms with Crippen molar-refractivity contribution < 1.29 is 14.3 Å². The number of carbonyl (C=O) groups is 1. The Morgan fingerprint density at radius 3 is 2.72 bits per heavy atom. The van der Waals surface area contributed by atoms with Crippen molar-refractivity contribution in [1.29, 1.82) is 0 Å². The Hall–Kier alpha value is -2.19. The SMILES string of the molecule is COCCn1nc(C(=O)N(C)Cc2cc(Br)ccc2OC)ccc1=O. The van der Waals surface area contributed by atoms with E-state index in [0.29, 0.717) is 25.4 Å². The lowest BCUT2D eigenvalue weighted by Gasteiger charge is -2.19. The lowest BCUT2D eigenvalue weighted by molar-refractivity contribution is 0.0774. The fourth-order valence-electron chi connectivity index (χ4n) is 2.29. The van der Waals surface area contributed by atoms with Crippen LogP contribution >= 0.6 is 15.9 Å². The highest BCUT2D eigenvalue weighted by molar-refractivity contribution is 9.10. The van der Waals surface area contributed by atoms with Gasteiger partial charge in [-0.25, -0.2) is 4.68 Å². The standard InChI is InChI=1S/C17H20BrN3O4/c1-20(11-12-10-13(18)4-6-15(12)25-3)17(23)14-5-7-16(22)21(19-14)8-9-24-2/h4-7,10H,8-9,11H2,1-3H3. The molecule has 0 bridgehead atoms. The highest BCUT2D eigenvalue weighted by Gasteiger charge is 2.17. The number of amides is 1. The monoisotopic (exact) mass is 409 g/mol. The van der Waals surface area contributed by atoms with Crippen molar-refractivity contribution in [3.63, 3.8) is 0 Å². The lowest BCUT2D eigenvalue weighted by Crippen LogP contribution is -2.31. The molecule has 8 heteroatoms. The maximum Gasteiger partial charge on any atom is 0.274 e. The second-order valence-electron chi connectivity index (χ2n) is 5.39. The van der Waals surface area contributed by atoms with E-state index in [1.165, 1.54) is 21.7 Å². The van der Waals surface area contributed by atoms with Crippen LogP contribution in [0.4, 0.5) is 0 Å². The van der Waals surface area contributed by atoms with Gasteiger partial charge in [0.2, 0.25) is 0 Å². The van der Waals surface area contributed by atoms with E-state index in [1.54, 1.807) is 21.3 Å². The number of hydrogen-bond acceptors (Lipinski definition) is 5. The van der Waals surface area contributed by atoms with E-state index >= 15 is 0 Å². The number of hydrogen-bond donors (Lipinski definition) is 0. The molecule has 1 heterocycles. The van der Waals surface area contributed by atoms with E-state index in [9.17, 15) is 9.59 Å². The molecule has 0 radical (unpaired) electrons. The van der Waals surface area contributed by atoms with Crippen LogP contribution in [0.2, 0.25) is 0 Å². The summed E-state index contributed by atoms with van der Waals surface area (Å²) in [5.74, 6) is 0.411. The van der Waals surface area contributed by atoms with Gasteiger partial charge in [-0.05, 0) is 24.3 Å². The number of ether oxygens (including phenoxy) is 2. The Kier molecular flexibility index (Phi) is 6.72. The zero-order valence-electron chi connectivity index (χ0n) is 14.4. The Balaban J connectivity index is 2.20. The van der Waals surface area contributed by atoms with Crippen LogP contribution in [0.5, 0.6) is 5.75 Å². The molecule has 2 aromatic rings. The first-order valence-electron chi connectivity index (χ1n) is 7.61. The summed E-state index contributed by atoms with van der Waals surface area (Å²) >= 11 is 3.42. The molecule has 1 amide bonds. The van der Waals surface area contributed by atoms with Crippen molar-refractivity contribution in [2.45, 2.75) is 13.1 Å². The number of nitrogens with zero attached hydrogens (tertiary/aromatic N) is 3. The van der Waals surface area contributed by atoms with E-state index in [1.807, 2.05) is 18.2 Å². The summed E-state index contributed by atoms with van der Waals surface area (Å²) in [6.45, 7) is 0.982. The fourth-order valence-corrected chi connectivity index (χ4v) is 2.70. The van der Waals surface area contributed by atoms with Crippen molar-refractivity contribution in [3.05, 3.63) is 56.4 Å². The van der Waals surface area contributed by atoms with Crippen LogP contribution in [0, 0.1) is 0 Å². The molecule has 134 valence electrons. The second-order valence-corrected chi connectivity index (χ2v) is 6.31. The average molecular weight is 410 g/mol. The van der Waals surface area contributed by atoms with Crippen LogP contribution in [0.25, 0.3) is 0 Å². The lowest BCUT2D eigenvalue weighted by atomic mass is 10.2. The third-order valence-corrected chi connectivity index (χ3v) is 4.08. The van der Waals surface area contributed by atoms with Gasteiger partial charge in [-0.2, -0.15) is 5.10 Å². The summed E-state index contributed by atoms with van der Waals surface area (Å²) in [5.41, 5.74) is 0.789.